The molecule has 0 N–H and O–H groups in total. The molecule has 266 valence electrons. The molecule has 12 rings (SSSR count). The van der Waals surface area contributed by atoms with Crippen molar-refractivity contribution in [2.75, 3.05) is 0 Å². The Labute approximate surface area is 373 Å². The van der Waals surface area contributed by atoms with Crippen LogP contribution in [-0.4, -0.2) is 13.7 Å². The lowest BCUT2D eigenvalue weighted by Gasteiger charge is -2.15. The smallest absolute Gasteiger partial charge is 0.0782 e. The standard InChI is InChI=1S/C54H35N3/c1-2-14-36(15-3-1)37-28-30-38(31-29-37)39-32-34-40(35-33-39)55-46-21-8-6-18-43(46)44-20-12-27-52(54(44)55)57-49-24-11-7-19-45(49)53-50(25-13-26-51(53)57)56-47-22-9-4-16-41(47)42-17-5-10-23-48(42)56/h1-35H/i1D,2D,3D,4D,5D,6D,7D,8D,9D,10D,11D,12D,13D,14D,15D,16D,17D,18D,19D,20D,21D,22D,23D,24D,25D,26D,27D,28D,29D,30D,31D. The Bertz CT molecular complexity index is 5190. The van der Waals surface area contributed by atoms with E-state index in [0.717, 1.165) is 13.7 Å². The largest absolute Gasteiger partial charge is 0.309 e. The molecule has 12 aromatic rings. The van der Waals surface area contributed by atoms with Gasteiger partial charge in [0.15, 0.2) is 0 Å². The van der Waals surface area contributed by atoms with Gasteiger partial charge in [-0.05, 0) is 76.7 Å². The molecule has 0 atom stereocenters. The number of hydrogen-bond acceptors (Lipinski definition) is 0. The third-order valence-corrected chi connectivity index (χ3v) is 9.66. The quantitative estimate of drug-likeness (QED) is 0.166. The topological polar surface area (TPSA) is 14.8 Å². The summed E-state index contributed by atoms with van der Waals surface area (Å²) in [4.78, 5) is 0. The summed E-state index contributed by atoms with van der Waals surface area (Å²) in [6.07, 6.45) is 0. The predicted molar refractivity (Wildman–Crippen MR) is 240 cm³/mol. The average Bonchev–Trinajstić information content (AvgIpc) is 1.52. The molecule has 0 radical (unpaired) electrons. The van der Waals surface area contributed by atoms with Crippen LogP contribution in [-0.2, 0) is 0 Å². The van der Waals surface area contributed by atoms with Crippen molar-refractivity contribution in [1.82, 2.24) is 13.7 Å². The van der Waals surface area contributed by atoms with Gasteiger partial charge in [-0.1, -0.05) is 157 Å². The van der Waals surface area contributed by atoms with Crippen LogP contribution in [0.25, 0.3) is 105 Å². The number of fused-ring (bicyclic) bond motifs is 9. The summed E-state index contributed by atoms with van der Waals surface area (Å²) in [6.45, 7) is 0. The minimum Gasteiger partial charge on any atom is -0.309 e. The molecule has 0 aliphatic heterocycles. The lowest BCUT2D eigenvalue weighted by molar-refractivity contribution is 1.13. The maximum absolute atomic E-state index is 9.88. The maximum atomic E-state index is 9.88. The van der Waals surface area contributed by atoms with Crippen molar-refractivity contribution in [3.8, 4) is 39.3 Å². The molecular formula is C54H35N3. The molecule has 0 fully saturated rings. The number of rotatable bonds is 5. The number of nitrogens with zero attached hydrogens (tertiary/aromatic N) is 3. The zero-order valence-electron chi connectivity index (χ0n) is 59.7. The summed E-state index contributed by atoms with van der Waals surface area (Å²) in [5.41, 5.74) is -6.62. The molecule has 3 nitrogen and oxygen atoms in total. The second-order valence-electron chi connectivity index (χ2n) is 12.6. The SMILES string of the molecule is [2H]c1c([2H])c([2H])c(-c2c([2H])c([2H])c(-c3ccc(-n4c5c([2H])c([2H])c([2H])c([2H])c5c5c([2H])c([2H])c([2H])c(-n6c7c([2H])c([2H])c([2H])c([2H])c7c7c(-n8c9c([2H])c([2H])c([2H])c([2H])c9c9c([2H])c([2H])c([2H])c([2H])c98)c([2H])c([2H])c([2H])c76)c54)cc3)c([2H])c2[2H])c([2H])c1[2H]. The van der Waals surface area contributed by atoms with Gasteiger partial charge in [0.25, 0.3) is 0 Å². The molecule has 0 spiro atoms. The zero-order valence-corrected chi connectivity index (χ0v) is 28.7. The summed E-state index contributed by atoms with van der Waals surface area (Å²) < 4.78 is 284. The summed E-state index contributed by atoms with van der Waals surface area (Å²) in [5, 5.41) is -3.12. The fraction of sp³-hybridized carbons (Fsp3) is 0. The van der Waals surface area contributed by atoms with Gasteiger partial charge >= 0.3 is 0 Å². The first-order valence-electron chi connectivity index (χ1n) is 32.6. The van der Waals surface area contributed by atoms with E-state index in [4.69, 9.17) is 26.0 Å². The lowest BCUT2D eigenvalue weighted by Crippen LogP contribution is -2.01. The van der Waals surface area contributed by atoms with Crippen molar-refractivity contribution in [3.05, 3.63) is 212 Å². The minimum absolute atomic E-state index is 0.0502. The molecule has 0 saturated heterocycles. The van der Waals surface area contributed by atoms with Crippen LogP contribution in [0.15, 0.2) is 212 Å². The molecule has 0 saturated carbocycles. The molecule has 0 amide bonds. The van der Waals surface area contributed by atoms with E-state index in [0.29, 0.717) is 0 Å². The third-order valence-electron chi connectivity index (χ3n) is 9.66. The van der Waals surface area contributed by atoms with Gasteiger partial charge in [-0.25, -0.2) is 0 Å². The first-order chi connectivity index (χ1) is 41.2. The molecule has 3 heterocycles. The van der Waals surface area contributed by atoms with Crippen LogP contribution in [0.2, 0.25) is 0 Å². The molecule has 0 aliphatic rings. The minimum atomic E-state index is -1.03. The Morgan fingerprint density at radius 1 is 0.281 bits per heavy atom. The lowest BCUT2D eigenvalue weighted by atomic mass is 10.0. The third kappa shape index (κ3) is 4.73. The Morgan fingerprint density at radius 2 is 0.702 bits per heavy atom. The van der Waals surface area contributed by atoms with Crippen molar-refractivity contribution in [2.45, 2.75) is 0 Å². The van der Waals surface area contributed by atoms with Gasteiger partial charge in [0.05, 0.1) is 87.0 Å². The second kappa shape index (κ2) is 12.5. The van der Waals surface area contributed by atoms with Gasteiger partial charge in [-0.3, -0.25) is 0 Å². The van der Waals surface area contributed by atoms with Gasteiger partial charge in [0.2, 0.25) is 0 Å². The molecule has 9 aromatic carbocycles. The Kier molecular flexibility index (Phi) is 3.02. The summed E-state index contributed by atoms with van der Waals surface area (Å²) in [5.74, 6) is 0. The Balaban J connectivity index is 1.28. The summed E-state index contributed by atoms with van der Waals surface area (Å²) in [6, 6.07) is -21.5. The Hall–Kier alpha value is -7.62. The zero-order chi connectivity index (χ0) is 64.4. The monoisotopic (exact) mass is 756 g/mol. The fourth-order valence-corrected chi connectivity index (χ4v) is 7.30. The highest BCUT2D eigenvalue weighted by molar-refractivity contribution is 6.18. The number of aromatic nitrogens is 3. The van der Waals surface area contributed by atoms with Gasteiger partial charge in [0, 0.05) is 38.0 Å². The van der Waals surface area contributed by atoms with Crippen molar-refractivity contribution in [2.24, 2.45) is 0 Å². The van der Waals surface area contributed by atoms with E-state index in [1.54, 1.807) is 0 Å². The van der Waals surface area contributed by atoms with Gasteiger partial charge in [-0.15, -0.1) is 0 Å². The second-order valence-corrected chi connectivity index (χ2v) is 12.6. The van der Waals surface area contributed by atoms with E-state index in [2.05, 4.69) is 0 Å². The highest BCUT2D eigenvalue weighted by Crippen LogP contribution is 2.43. The molecule has 0 aliphatic carbocycles. The van der Waals surface area contributed by atoms with Crippen LogP contribution < -0.4 is 0 Å². The maximum Gasteiger partial charge on any atom is 0.0782 e. The van der Waals surface area contributed by atoms with Crippen molar-refractivity contribution in [3.63, 3.8) is 0 Å². The molecule has 3 aromatic heterocycles. The number of hydrogen-bond donors (Lipinski definition) is 0. The van der Waals surface area contributed by atoms with Crippen LogP contribution in [0.1, 0.15) is 42.5 Å². The number of para-hydroxylation sites is 5. The summed E-state index contributed by atoms with van der Waals surface area (Å²) >= 11 is 0. The highest BCUT2D eigenvalue weighted by atomic mass is 15.1. The predicted octanol–water partition coefficient (Wildman–Crippen LogP) is 14.3. The van der Waals surface area contributed by atoms with Crippen molar-refractivity contribution in [1.29, 1.82) is 0 Å². The van der Waals surface area contributed by atoms with E-state index >= 15 is 0 Å². The first kappa shape index (κ1) is 13.8. The highest BCUT2D eigenvalue weighted by Gasteiger charge is 2.22. The van der Waals surface area contributed by atoms with Crippen molar-refractivity contribution < 1.29 is 42.5 Å². The van der Waals surface area contributed by atoms with E-state index < -0.39 is 275 Å². The van der Waals surface area contributed by atoms with Gasteiger partial charge in [-0.2, -0.15) is 0 Å². The molecule has 3 heteroatoms. The van der Waals surface area contributed by atoms with E-state index in [-0.39, 0.29) is 16.8 Å². The van der Waals surface area contributed by atoms with Gasteiger partial charge < -0.3 is 13.7 Å². The average molecular weight is 757 g/mol. The molecule has 57 heavy (non-hydrogen) atoms. The van der Waals surface area contributed by atoms with Crippen LogP contribution >= 0.6 is 0 Å². The van der Waals surface area contributed by atoms with E-state index in [1.165, 1.54) is 24.3 Å². The molecule has 0 unspecified atom stereocenters. The van der Waals surface area contributed by atoms with Crippen molar-refractivity contribution >= 4 is 65.4 Å². The summed E-state index contributed by atoms with van der Waals surface area (Å²) in [7, 11) is 0. The normalized spacial score (nSPS) is 19.5. The fourth-order valence-electron chi connectivity index (χ4n) is 7.30. The number of benzene rings is 9. The van der Waals surface area contributed by atoms with Gasteiger partial charge in [0.1, 0.15) is 0 Å². The van der Waals surface area contributed by atoms with Crippen LogP contribution in [0.3, 0.4) is 0 Å². The van der Waals surface area contributed by atoms with E-state index in [9.17, 15) is 16.4 Å². The van der Waals surface area contributed by atoms with Crippen LogP contribution in [0.5, 0.6) is 0 Å². The molecular weight excluding hydrogens is 691 g/mol. The Morgan fingerprint density at radius 3 is 1.35 bits per heavy atom. The first-order valence-corrected chi connectivity index (χ1v) is 17.1. The van der Waals surface area contributed by atoms with Crippen LogP contribution in [0.4, 0.5) is 0 Å². The van der Waals surface area contributed by atoms with E-state index in [1.807, 2.05) is 0 Å². The molecule has 0 bridgehead atoms. The van der Waals surface area contributed by atoms with Crippen LogP contribution in [0, 0.1) is 0 Å².